The molecule has 1 aromatic heterocycles. The number of nitrogens with zero attached hydrogens (tertiary/aromatic N) is 1. The maximum Gasteiger partial charge on any atom is 0.339 e. The molecule has 0 fully saturated rings. The van der Waals surface area contributed by atoms with Crippen LogP contribution in [0, 0.1) is 6.92 Å². The zero-order valence-electron chi connectivity index (χ0n) is 10.5. The fourth-order valence-electron chi connectivity index (χ4n) is 1.29. The van der Waals surface area contributed by atoms with Crippen molar-refractivity contribution in [3.05, 3.63) is 23.5 Å². The molecular formula is C12H18N2O3. The summed E-state index contributed by atoms with van der Waals surface area (Å²) < 4.78 is 0. The zero-order chi connectivity index (χ0) is 13.2. The normalized spacial score (nSPS) is 13.2. The van der Waals surface area contributed by atoms with Gasteiger partial charge in [-0.3, -0.25) is 4.98 Å². The van der Waals surface area contributed by atoms with Gasteiger partial charge in [0.1, 0.15) is 5.56 Å². The molecule has 17 heavy (non-hydrogen) atoms. The summed E-state index contributed by atoms with van der Waals surface area (Å²) in [6.07, 6.45) is 0.704. The minimum absolute atomic E-state index is 0.101. The van der Waals surface area contributed by atoms with Gasteiger partial charge in [-0.2, -0.15) is 0 Å². The number of carboxylic acid groups (broad SMARTS) is 1. The Morgan fingerprint density at radius 3 is 2.59 bits per heavy atom. The van der Waals surface area contributed by atoms with Gasteiger partial charge in [0.25, 0.3) is 0 Å². The molecule has 0 saturated carbocycles. The summed E-state index contributed by atoms with van der Waals surface area (Å²) in [4.78, 5) is 15.0. The molecule has 0 saturated heterocycles. The zero-order valence-corrected chi connectivity index (χ0v) is 10.5. The topological polar surface area (TPSA) is 82.5 Å². The lowest BCUT2D eigenvalue weighted by Crippen LogP contribution is -2.42. The summed E-state index contributed by atoms with van der Waals surface area (Å²) >= 11 is 0. The highest BCUT2D eigenvalue weighted by Gasteiger charge is 2.25. The second kappa shape index (κ2) is 4.71. The summed E-state index contributed by atoms with van der Waals surface area (Å²) in [5.74, 6) is -1.04. The molecule has 0 bridgehead atoms. The number of aliphatic hydroxyl groups excluding tert-OH is 1. The Morgan fingerprint density at radius 2 is 2.12 bits per heavy atom. The predicted molar refractivity (Wildman–Crippen MR) is 65.3 cm³/mol. The fraction of sp³-hybridized carbons (Fsp3) is 0.500. The molecule has 1 atom stereocenters. The van der Waals surface area contributed by atoms with Crippen molar-refractivity contribution in [3.63, 3.8) is 0 Å². The number of anilines is 1. The van der Waals surface area contributed by atoms with Crippen molar-refractivity contribution in [2.24, 2.45) is 0 Å². The quantitative estimate of drug-likeness (QED) is 0.743. The van der Waals surface area contributed by atoms with Crippen molar-refractivity contribution in [1.82, 2.24) is 4.98 Å². The molecule has 1 aromatic rings. The van der Waals surface area contributed by atoms with Gasteiger partial charge in [0, 0.05) is 11.9 Å². The smallest absolute Gasteiger partial charge is 0.339 e. The van der Waals surface area contributed by atoms with Crippen LogP contribution in [0.15, 0.2) is 12.3 Å². The first-order chi connectivity index (χ1) is 7.74. The van der Waals surface area contributed by atoms with E-state index in [1.165, 1.54) is 6.20 Å². The predicted octanol–water partition coefficient (Wildman–Crippen LogP) is 1.66. The van der Waals surface area contributed by atoms with Gasteiger partial charge < -0.3 is 15.5 Å². The molecule has 94 valence electrons. The van der Waals surface area contributed by atoms with Crippen LogP contribution in [-0.4, -0.2) is 32.8 Å². The van der Waals surface area contributed by atoms with Crippen LogP contribution in [0.1, 0.15) is 36.8 Å². The van der Waals surface area contributed by atoms with Crippen molar-refractivity contribution in [2.75, 3.05) is 5.32 Å². The van der Waals surface area contributed by atoms with E-state index in [9.17, 15) is 9.90 Å². The van der Waals surface area contributed by atoms with Crippen LogP contribution in [0.2, 0.25) is 0 Å². The van der Waals surface area contributed by atoms with Crippen LogP contribution < -0.4 is 5.32 Å². The first-order valence-corrected chi connectivity index (χ1v) is 5.40. The van der Waals surface area contributed by atoms with E-state index in [0.717, 1.165) is 5.69 Å². The number of carboxylic acids is 1. The van der Waals surface area contributed by atoms with E-state index in [2.05, 4.69) is 10.3 Å². The van der Waals surface area contributed by atoms with Crippen molar-refractivity contribution in [3.8, 4) is 0 Å². The van der Waals surface area contributed by atoms with Crippen LogP contribution in [0.3, 0.4) is 0 Å². The largest absolute Gasteiger partial charge is 0.478 e. The molecule has 3 N–H and O–H groups in total. The van der Waals surface area contributed by atoms with Crippen LogP contribution >= 0.6 is 0 Å². The number of nitrogens with one attached hydrogen (secondary N) is 1. The van der Waals surface area contributed by atoms with Gasteiger partial charge in [-0.1, -0.05) is 0 Å². The summed E-state index contributed by atoms with van der Waals surface area (Å²) in [6, 6.07) is 1.66. The number of aryl methyl sites for hydroxylation is 1. The molecule has 0 spiro atoms. The van der Waals surface area contributed by atoms with Crippen LogP contribution in [0.25, 0.3) is 0 Å². The Hall–Kier alpha value is -1.62. The van der Waals surface area contributed by atoms with E-state index in [1.54, 1.807) is 33.8 Å². The Bertz CT molecular complexity index is 428. The third kappa shape index (κ3) is 3.17. The maximum absolute atomic E-state index is 11.0. The molecule has 1 rings (SSSR count). The maximum atomic E-state index is 11.0. The van der Waals surface area contributed by atoms with E-state index in [-0.39, 0.29) is 5.56 Å². The van der Waals surface area contributed by atoms with E-state index >= 15 is 0 Å². The second-order valence-electron chi connectivity index (χ2n) is 4.70. The summed E-state index contributed by atoms with van der Waals surface area (Å²) in [5, 5.41) is 21.7. The van der Waals surface area contributed by atoms with Crippen molar-refractivity contribution >= 4 is 11.7 Å². The lowest BCUT2D eigenvalue weighted by atomic mass is 9.97. The van der Waals surface area contributed by atoms with E-state index in [4.69, 9.17) is 5.11 Å². The molecule has 5 nitrogen and oxygen atoms in total. The Kier molecular flexibility index (Phi) is 3.72. The number of aromatic nitrogens is 1. The average molecular weight is 238 g/mol. The SMILES string of the molecule is Cc1cc(NC(C)(C)C(C)O)c(C(=O)O)cn1. The van der Waals surface area contributed by atoms with Gasteiger partial charge in [-0.25, -0.2) is 4.79 Å². The van der Waals surface area contributed by atoms with Crippen molar-refractivity contribution < 1.29 is 15.0 Å². The first kappa shape index (κ1) is 13.4. The fourth-order valence-corrected chi connectivity index (χ4v) is 1.29. The van der Waals surface area contributed by atoms with Crippen molar-refractivity contribution in [2.45, 2.75) is 39.3 Å². The highest BCUT2D eigenvalue weighted by molar-refractivity contribution is 5.94. The van der Waals surface area contributed by atoms with Gasteiger partial charge in [-0.05, 0) is 33.8 Å². The molecule has 1 unspecified atom stereocenters. The number of pyridine rings is 1. The lowest BCUT2D eigenvalue weighted by molar-refractivity contribution is 0.0696. The standard InChI is InChI=1S/C12H18N2O3/c1-7-5-10(9(6-13-7)11(16)17)14-12(3,4)8(2)15/h5-6,8,15H,1-4H3,(H,13,14)(H,16,17). The molecule has 0 aliphatic rings. The Morgan fingerprint density at radius 1 is 1.53 bits per heavy atom. The van der Waals surface area contributed by atoms with Gasteiger partial charge in [0.15, 0.2) is 0 Å². The molecule has 0 aromatic carbocycles. The highest BCUT2D eigenvalue weighted by atomic mass is 16.4. The van der Waals surface area contributed by atoms with Crippen LogP contribution in [-0.2, 0) is 0 Å². The van der Waals surface area contributed by atoms with Crippen molar-refractivity contribution in [1.29, 1.82) is 0 Å². The second-order valence-corrected chi connectivity index (χ2v) is 4.70. The minimum Gasteiger partial charge on any atom is -0.478 e. The molecule has 0 aliphatic heterocycles. The molecule has 0 radical (unpaired) electrons. The monoisotopic (exact) mass is 238 g/mol. The number of hydrogen-bond acceptors (Lipinski definition) is 4. The summed E-state index contributed by atoms with van der Waals surface area (Å²) in [7, 11) is 0. The molecule has 1 heterocycles. The van der Waals surface area contributed by atoms with Crippen LogP contribution in [0.4, 0.5) is 5.69 Å². The van der Waals surface area contributed by atoms with E-state index < -0.39 is 17.6 Å². The van der Waals surface area contributed by atoms with Gasteiger partial charge in [0.2, 0.25) is 0 Å². The first-order valence-electron chi connectivity index (χ1n) is 5.40. The third-order valence-corrected chi connectivity index (χ3v) is 2.77. The summed E-state index contributed by atoms with van der Waals surface area (Å²) in [6.45, 7) is 7.05. The van der Waals surface area contributed by atoms with Gasteiger partial charge in [-0.15, -0.1) is 0 Å². The number of rotatable bonds is 4. The summed E-state index contributed by atoms with van der Waals surface area (Å²) in [5.41, 5.74) is 0.678. The number of aromatic carboxylic acids is 1. The highest BCUT2D eigenvalue weighted by Crippen LogP contribution is 2.22. The van der Waals surface area contributed by atoms with Gasteiger partial charge >= 0.3 is 5.97 Å². The van der Waals surface area contributed by atoms with E-state index in [1.807, 2.05) is 0 Å². The number of hydrogen-bond donors (Lipinski definition) is 3. The lowest BCUT2D eigenvalue weighted by Gasteiger charge is -2.31. The minimum atomic E-state index is -1.04. The Balaban J connectivity index is 3.13. The van der Waals surface area contributed by atoms with Crippen LogP contribution in [0.5, 0.6) is 0 Å². The molecule has 0 amide bonds. The number of carbonyl (C=O) groups is 1. The Labute approximate surface area is 101 Å². The van der Waals surface area contributed by atoms with Gasteiger partial charge in [0.05, 0.1) is 17.3 Å². The third-order valence-electron chi connectivity index (χ3n) is 2.77. The average Bonchev–Trinajstić information content (AvgIpc) is 2.15. The molecular weight excluding hydrogens is 220 g/mol. The van der Waals surface area contributed by atoms with E-state index in [0.29, 0.717) is 5.69 Å². The number of aliphatic hydroxyl groups is 1. The molecule has 0 aliphatic carbocycles. The molecule has 5 heteroatoms.